The summed E-state index contributed by atoms with van der Waals surface area (Å²) in [6.07, 6.45) is 2.23. The third-order valence-electron chi connectivity index (χ3n) is 3.67. The fourth-order valence-electron chi connectivity index (χ4n) is 2.41. The molecule has 3 rings (SSSR count). The summed E-state index contributed by atoms with van der Waals surface area (Å²) >= 11 is 0. The molecule has 1 heterocycles. The van der Waals surface area contributed by atoms with Gasteiger partial charge >= 0.3 is 5.97 Å². The third kappa shape index (κ3) is 3.58. The van der Waals surface area contributed by atoms with Crippen molar-refractivity contribution in [2.75, 3.05) is 4.90 Å². The largest absolute Gasteiger partial charge is 0.423 e. The van der Waals surface area contributed by atoms with Crippen LogP contribution in [0.4, 0.5) is 17.1 Å². The van der Waals surface area contributed by atoms with E-state index in [1.807, 2.05) is 0 Å². The zero-order valence-corrected chi connectivity index (χ0v) is 13.8. The number of hydrogen-bond donors (Lipinski definition) is 0. The Morgan fingerprint density at radius 3 is 1.82 bits per heavy atom. The van der Waals surface area contributed by atoms with Crippen molar-refractivity contribution in [1.29, 1.82) is 0 Å². The molecule has 2 amide bonds. The lowest BCUT2D eigenvalue weighted by atomic mass is 10.1. The van der Waals surface area contributed by atoms with E-state index in [0.29, 0.717) is 0 Å². The van der Waals surface area contributed by atoms with Crippen molar-refractivity contribution in [2.24, 2.45) is 0 Å². The van der Waals surface area contributed by atoms with Crippen LogP contribution in [0.5, 0.6) is 5.75 Å². The Balaban J connectivity index is 1.81. The first-order valence-corrected chi connectivity index (χ1v) is 7.58. The van der Waals surface area contributed by atoms with Crippen molar-refractivity contribution in [3.8, 4) is 5.75 Å². The smallest absolute Gasteiger partial charge is 0.344 e. The molecule has 0 spiro atoms. The maximum Gasteiger partial charge on any atom is 0.344 e. The van der Waals surface area contributed by atoms with Gasteiger partial charge in [-0.2, -0.15) is 0 Å². The highest BCUT2D eigenvalue weighted by Gasteiger charge is 2.25. The minimum Gasteiger partial charge on any atom is -0.423 e. The highest BCUT2D eigenvalue weighted by molar-refractivity contribution is 6.28. The number of anilines is 1. The second-order valence-corrected chi connectivity index (χ2v) is 5.48. The molecule has 11 heteroatoms. The van der Waals surface area contributed by atoms with Crippen molar-refractivity contribution in [1.82, 2.24) is 0 Å². The highest BCUT2D eigenvalue weighted by atomic mass is 16.6. The van der Waals surface area contributed by atoms with Crippen LogP contribution in [0, 0.1) is 20.2 Å². The number of benzene rings is 2. The molecule has 0 aliphatic carbocycles. The Labute approximate surface area is 155 Å². The molecule has 2 aromatic carbocycles. The van der Waals surface area contributed by atoms with Gasteiger partial charge in [0, 0.05) is 24.3 Å². The van der Waals surface area contributed by atoms with Crippen molar-refractivity contribution in [2.45, 2.75) is 0 Å². The van der Waals surface area contributed by atoms with Crippen LogP contribution in [0.3, 0.4) is 0 Å². The fraction of sp³-hybridized carbons (Fsp3) is 0. The maximum absolute atomic E-state index is 12.2. The quantitative estimate of drug-likeness (QED) is 0.250. The van der Waals surface area contributed by atoms with Gasteiger partial charge in [0.2, 0.25) is 0 Å². The standard InChI is InChI=1S/C17H9N3O8/c21-15-5-6-16(22)18(15)11-1-3-14(4-2-11)28-17(23)10-7-12(19(24)25)9-13(8-10)20(26)27/h1-9H. The molecule has 2 aromatic rings. The Kier molecular flexibility index (Phi) is 4.64. The van der Waals surface area contributed by atoms with Gasteiger partial charge in [0.25, 0.3) is 23.2 Å². The lowest BCUT2D eigenvalue weighted by molar-refractivity contribution is -0.394. The lowest BCUT2D eigenvalue weighted by Gasteiger charge is -2.14. The number of carbonyl (C=O) groups is 3. The molecule has 140 valence electrons. The number of hydrogen-bond acceptors (Lipinski definition) is 8. The van der Waals surface area contributed by atoms with Crippen LogP contribution in [-0.4, -0.2) is 27.6 Å². The first kappa shape index (κ1) is 18.4. The molecule has 0 radical (unpaired) electrons. The fourth-order valence-corrected chi connectivity index (χ4v) is 2.41. The summed E-state index contributed by atoms with van der Waals surface area (Å²) in [4.78, 5) is 56.4. The van der Waals surface area contributed by atoms with Gasteiger partial charge in [-0.25, -0.2) is 9.69 Å². The van der Waals surface area contributed by atoms with Gasteiger partial charge < -0.3 is 4.74 Å². The van der Waals surface area contributed by atoms with Crippen LogP contribution >= 0.6 is 0 Å². The van der Waals surface area contributed by atoms with E-state index in [9.17, 15) is 34.6 Å². The van der Waals surface area contributed by atoms with Crippen molar-refractivity contribution < 1.29 is 29.0 Å². The zero-order chi connectivity index (χ0) is 20.4. The first-order valence-electron chi connectivity index (χ1n) is 7.58. The molecule has 1 aliphatic rings. The Morgan fingerprint density at radius 2 is 1.36 bits per heavy atom. The van der Waals surface area contributed by atoms with Crippen LogP contribution < -0.4 is 9.64 Å². The Hall–Kier alpha value is -4.41. The summed E-state index contributed by atoms with van der Waals surface area (Å²) in [5.41, 5.74) is -1.38. The Bertz CT molecular complexity index is 1010. The van der Waals surface area contributed by atoms with Crippen molar-refractivity contribution >= 4 is 34.8 Å². The number of nitro benzene ring substituents is 2. The number of esters is 1. The van der Waals surface area contributed by atoms with Gasteiger partial charge in [-0.05, 0) is 24.3 Å². The SMILES string of the molecule is O=C(Oc1ccc(N2C(=O)C=CC2=O)cc1)c1cc([N+](=O)[O-])cc([N+](=O)[O-])c1. The number of imide groups is 1. The van der Waals surface area contributed by atoms with E-state index in [-0.39, 0.29) is 17.0 Å². The van der Waals surface area contributed by atoms with E-state index in [2.05, 4.69) is 0 Å². The number of nitrogens with zero attached hydrogens (tertiary/aromatic N) is 3. The van der Waals surface area contributed by atoms with Gasteiger partial charge in [-0.3, -0.25) is 29.8 Å². The molecule has 0 aromatic heterocycles. The molecule has 0 saturated heterocycles. The summed E-state index contributed by atoms with van der Waals surface area (Å²) in [6.45, 7) is 0. The highest BCUT2D eigenvalue weighted by Crippen LogP contribution is 2.25. The van der Waals surface area contributed by atoms with Gasteiger partial charge in [-0.15, -0.1) is 0 Å². The second kappa shape index (κ2) is 7.07. The van der Waals surface area contributed by atoms with Gasteiger partial charge in [0.1, 0.15) is 5.75 Å². The summed E-state index contributed by atoms with van der Waals surface area (Å²) in [5.74, 6) is -2.07. The second-order valence-electron chi connectivity index (χ2n) is 5.48. The summed E-state index contributed by atoms with van der Waals surface area (Å²) in [7, 11) is 0. The van der Waals surface area contributed by atoms with E-state index in [0.717, 1.165) is 35.3 Å². The van der Waals surface area contributed by atoms with Crippen LogP contribution in [0.25, 0.3) is 0 Å². The van der Waals surface area contributed by atoms with Crippen molar-refractivity contribution in [3.05, 3.63) is 80.4 Å². The van der Waals surface area contributed by atoms with E-state index < -0.39 is 39.0 Å². The van der Waals surface area contributed by atoms with E-state index in [4.69, 9.17) is 4.74 Å². The first-order chi connectivity index (χ1) is 13.3. The third-order valence-corrected chi connectivity index (χ3v) is 3.67. The van der Waals surface area contributed by atoms with Crippen LogP contribution in [0.15, 0.2) is 54.6 Å². The normalized spacial score (nSPS) is 12.9. The average molecular weight is 383 g/mol. The molecule has 0 unspecified atom stereocenters. The van der Waals surface area contributed by atoms with Crippen LogP contribution in [0.1, 0.15) is 10.4 Å². The minimum absolute atomic E-state index is 0.00923. The number of ether oxygens (including phenoxy) is 1. The van der Waals surface area contributed by atoms with E-state index >= 15 is 0 Å². The molecule has 0 saturated carbocycles. The van der Waals surface area contributed by atoms with Gasteiger partial charge in [-0.1, -0.05) is 0 Å². The lowest BCUT2D eigenvalue weighted by Crippen LogP contribution is -2.29. The summed E-state index contributed by atoms with van der Waals surface area (Å²) in [6, 6.07) is 7.77. The van der Waals surface area contributed by atoms with Crippen LogP contribution in [0.2, 0.25) is 0 Å². The van der Waals surface area contributed by atoms with Gasteiger partial charge in [0.05, 0.1) is 27.2 Å². The monoisotopic (exact) mass is 383 g/mol. The minimum atomic E-state index is -1.05. The topological polar surface area (TPSA) is 150 Å². The predicted molar refractivity (Wildman–Crippen MR) is 92.8 cm³/mol. The average Bonchev–Trinajstić information content (AvgIpc) is 3.00. The summed E-state index contributed by atoms with van der Waals surface area (Å²) < 4.78 is 5.05. The van der Waals surface area contributed by atoms with E-state index in [1.165, 1.54) is 24.3 Å². The summed E-state index contributed by atoms with van der Waals surface area (Å²) in [5, 5.41) is 21.8. The molecule has 11 nitrogen and oxygen atoms in total. The van der Waals surface area contributed by atoms with Gasteiger partial charge in [0.15, 0.2) is 0 Å². The number of nitro groups is 2. The molecule has 28 heavy (non-hydrogen) atoms. The molecular formula is C17H9N3O8. The van der Waals surface area contributed by atoms with Crippen molar-refractivity contribution in [3.63, 3.8) is 0 Å². The Morgan fingerprint density at radius 1 is 0.857 bits per heavy atom. The van der Waals surface area contributed by atoms with Crippen LogP contribution in [-0.2, 0) is 9.59 Å². The molecular weight excluding hydrogens is 374 g/mol. The number of amides is 2. The number of non-ortho nitro benzene ring substituents is 2. The van der Waals surface area contributed by atoms with E-state index in [1.54, 1.807) is 0 Å². The molecule has 0 bridgehead atoms. The molecule has 0 N–H and O–H groups in total. The zero-order valence-electron chi connectivity index (χ0n) is 13.8. The molecule has 0 fully saturated rings. The maximum atomic E-state index is 12.2. The molecule has 1 aliphatic heterocycles. The predicted octanol–water partition coefficient (Wildman–Crippen LogP) is 2.15. The number of rotatable bonds is 5. The molecule has 0 atom stereocenters. The number of carbonyl (C=O) groups excluding carboxylic acids is 3.